The zero-order valence-electron chi connectivity index (χ0n) is 17.8. The zero-order valence-corrected chi connectivity index (χ0v) is 17.8. The molecule has 158 valence electrons. The van der Waals surface area contributed by atoms with E-state index in [9.17, 15) is 9.59 Å². The number of nitrogens with one attached hydrogen (secondary N) is 1. The molecule has 1 atom stereocenters. The Morgan fingerprint density at radius 2 is 1.60 bits per heavy atom. The van der Waals surface area contributed by atoms with E-state index in [1.807, 2.05) is 36.4 Å². The maximum Gasteiger partial charge on any atom is 0.159 e. The number of Topliss-reactive ketones (excluding diaryl/α,β-unsaturated/α-hetero) is 2. The van der Waals surface area contributed by atoms with Gasteiger partial charge in [0.1, 0.15) is 0 Å². The minimum atomic E-state index is 0.0925. The highest BCUT2D eigenvalue weighted by molar-refractivity contribution is 5.94. The Bertz CT molecular complexity index is 863. The summed E-state index contributed by atoms with van der Waals surface area (Å²) < 4.78 is 0. The van der Waals surface area contributed by atoms with Gasteiger partial charge in [0.2, 0.25) is 0 Å². The lowest BCUT2D eigenvalue weighted by Crippen LogP contribution is -2.12. The quantitative estimate of drug-likeness (QED) is 0.196. The summed E-state index contributed by atoms with van der Waals surface area (Å²) in [5.41, 5.74) is 12.1. The highest BCUT2D eigenvalue weighted by Crippen LogP contribution is 2.23. The molecular formula is C24H30N4O2. The summed E-state index contributed by atoms with van der Waals surface area (Å²) in [6.07, 6.45) is 5.31. The van der Waals surface area contributed by atoms with Crippen molar-refractivity contribution >= 4 is 11.6 Å². The number of ketones is 2. The molecule has 0 aliphatic carbocycles. The van der Waals surface area contributed by atoms with Crippen LogP contribution in [-0.2, 0) is 6.42 Å². The van der Waals surface area contributed by atoms with Crippen LogP contribution >= 0.6 is 0 Å². The summed E-state index contributed by atoms with van der Waals surface area (Å²) in [5, 5.41) is 6.91. The van der Waals surface area contributed by atoms with E-state index < -0.39 is 0 Å². The highest BCUT2D eigenvalue weighted by Gasteiger charge is 2.15. The predicted octanol–water partition coefficient (Wildman–Crippen LogP) is 5.84. The van der Waals surface area contributed by atoms with Crippen LogP contribution < -0.4 is 5.32 Å². The molecule has 0 bridgehead atoms. The van der Waals surface area contributed by atoms with Crippen molar-refractivity contribution in [3.8, 4) is 0 Å². The van der Waals surface area contributed by atoms with E-state index in [1.165, 1.54) is 24.0 Å². The molecule has 30 heavy (non-hydrogen) atoms. The number of unbranched alkanes of at least 4 members (excludes halogenated alkanes) is 1. The first-order valence-electron chi connectivity index (χ1n) is 10.5. The third kappa shape index (κ3) is 7.82. The van der Waals surface area contributed by atoms with Crippen LogP contribution in [0.25, 0.3) is 10.4 Å². The van der Waals surface area contributed by atoms with Crippen LogP contribution in [0.15, 0.2) is 53.6 Å². The number of carbonyl (C=O) groups is 2. The normalized spacial score (nSPS) is 14.9. The second kappa shape index (κ2) is 12.6. The van der Waals surface area contributed by atoms with Gasteiger partial charge in [0.05, 0.1) is 0 Å². The van der Waals surface area contributed by atoms with Gasteiger partial charge >= 0.3 is 0 Å². The van der Waals surface area contributed by atoms with Crippen LogP contribution in [0.3, 0.4) is 0 Å². The average molecular weight is 407 g/mol. The van der Waals surface area contributed by atoms with Gasteiger partial charge < -0.3 is 5.32 Å². The van der Waals surface area contributed by atoms with Crippen LogP contribution in [0.5, 0.6) is 0 Å². The third-order valence-electron chi connectivity index (χ3n) is 5.18. The molecule has 2 aromatic carbocycles. The predicted molar refractivity (Wildman–Crippen MR) is 120 cm³/mol. The molecule has 1 fully saturated rings. The number of benzene rings is 2. The number of hydrogen-bond donors (Lipinski definition) is 1. The lowest BCUT2D eigenvalue weighted by atomic mass is 10.0. The van der Waals surface area contributed by atoms with Crippen molar-refractivity contribution in [1.29, 1.82) is 0 Å². The maximum atomic E-state index is 11.1. The number of rotatable bonds is 8. The van der Waals surface area contributed by atoms with Crippen molar-refractivity contribution < 1.29 is 9.59 Å². The molecule has 1 unspecified atom stereocenters. The van der Waals surface area contributed by atoms with Gasteiger partial charge in [-0.25, -0.2) is 0 Å². The van der Waals surface area contributed by atoms with Crippen molar-refractivity contribution in [1.82, 2.24) is 5.32 Å². The van der Waals surface area contributed by atoms with E-state index in [0.29, 0.717) is 12.6 Å². The van der Waals surface area contributed by atoms with Gasteiger partial charge in [-0.15, -0.1) is 0 Å². The molecular weight excluding hydrogens is 376 g/mol. The third-order valence-corrected chi connectivity index (χ3v) is 5.18. The van der Waals surface area contributed by atoms with E-state index in [4.69, 9.17) is 5.53 Å². The average Bonchev–Trinajstić information content (AvgIpc) is 3.29. The molecule has 0 spiro atoms. The van der Waals surface area contributed by atoms with Gasteiger partial charge in [0.25, 0.3) is 0 Å². The van der Waals surface area contributed by atoms with Gasteiger partial charge in [0, 0.05) is 28.6 Å². The summed E-state index contributed by atoms with van der Waals surface area (Å²) in [6.45, 7) is 4.83. The van der Waals surface area contributed by atoms with Gasteiger partial charge in [0.15, 0.2) is 11.6 Å². The fourth-order valence-corrected chi connectivity index (χ4v) is 3.38. The maximum absolute atomic E-state index is 11.1. The van der Waals surface area contributed by atoms with Crippen molar-refractivity contribution in [3.63, 3.8) is 0 Å². The van der Waals surface area contributed by atoms with Crippen LogP contribution in [0.2, 0.25) is 0 Å². The van der Waals surface area contributed by atoms with E-state index in [0.717, 1.165) is 36.9 Å². The lowest BCUT2D eigenvalue weighted by molar-refractivity contribution is 0.100. The van der Waals surface area contributed by atoms with Crippen molar-refractivity contribution in [3.05, 3.63) is 81.2 Å². The number of aryl methyl sites for hydroxylation is 1. The molecule has 0 amide bonds. The Hall–Kier alpha value is -2.95. The van der Waals surface area contributed by atoms with Gasteiger partial charge in [-0.3, -0.25) is 9.59 Å². The standard InChI is InChI=1S/C12H15N3O.C12H15NO/c1-10(16)12-7-5-11(6-8-12)4-2-3-9-14-15-13;1-9(14)10-4-6-11(7-5-10)12-3-2-8-13-12/h5-8H,2-4,9H2,1H3;4-7,12-13H,2-3,8H2,1H3. The molecule has 2 aromatic rings. The molecule has 1 saturated heterocycles. The Morgan fingerprint density at radius 3 is 2.10 bits per heavy atom. The van der Waals surface area contributed by atoms with Crippen LogP contribution in [0.4, 0.5) is 0 Å². The number of hydrogen-bond acceptors (Lipinski definition) is 4. The zero-order chi connectivity index (χ0) is 21.8. The van der Waals surface area contributed by atoms with Gasteiger partial charge in [-0.1, -0.05) is 53.6 Å². The Kier molecular flexibility index (Phi) is 9.78. The van der Waals surface area contributed by atoms with Crippen LogP contribution in [0.1, 0.15) is 77.4 Å². The Labute approximate surface area is 178 Å². The summed E-state index contributed by atoms with van der Waals surface area (Å²) >= 11 is 0. The molecule has 6 heteroatoms. The summed E-state index contributed by atoms with van der Waals surface area (Å²) in [4.78, 5) is 24.8. The van der Waals surface area contributed by atoms with E-state index >= 15 is 0 Å². The summed E-state index contributed by atoms with van der Waals surface area (Å²) in [7, 11) is 0. The molecule has 0 radical (unpaired) electrons. The highest BCUT2D eigenvalue weighted by atomic mass is 16.1. The second-order valence-electron chi connectivity index (χ2n) is 7.49. The van der Waals surface area contributed by atoms with E-state index in [-0.39, 0.29) is 11.6 Å². The number of nitrogens with zero attached hydrogens (tertiary/aromatic N) is 3. The minimum Gasteiger partial charge on any atom is -0.310 e. The fourth-order valence-electron chi connectivity index (χ4n) is 3.38. The van der Waals surface area contributed by atoms with Crippen molar-refractivity contribution in [2.75, 3.05) is 13.1 Å². The smallest absolute Gasteiger partial charge is 0.159 e. The molecule has 0 saturated carbocycles. The second-order valence-corrected chi connectivity index (χ2v) is 7.49. The van der Waals surface area contributed by atoms with Crippen molar-refractivity contribution in [2.24, 2.45) is 5.11 Å². The topological polar surface area (TPSA) is 94.9 Å². The SMILES string of the molecule is CC(=O)c1ccc(C2CCCN2)cc1.CC(=O)c1ccc(CCCCN=[N+]=[N-])cc1. The minimum absolute atomic E-state index is 0.0925. The summed E-state index contributed by atoms with van der Waals surface area (Å²) in [6, 6.07) is 16.1. The first-order chi connectivity index (χ1) is 14.5. The lowest BCUT2D eigenvalue weighted by Gasteiger charge is -2.10. The summed E-state index contributed by atoms with van der Waals surface area (Å²) in [5.74, 6) is 0.228. The molecule has 1 N–H and O–H groups in total. The van der Waals surface area contributed by atoms with Gasteiger partial charge in [-0.2, -0.15) is 0 Å². The van der Waals surface area contributed by atoms with E-state index in [1.54, 1.807) is 13.8 Å². The number of azide groups is 1. The van der Waals surface area contributed by atoms with Crippen molar-refractivity contribution in [2.45, 2.75) is 52.0 Å². The molecule has 1 heterocycles. The Morgan fingerprint density at radius 1 is 1.00 bits per heavy atom. The molecule has 3 rings (SSSR count). The molecule has 1 aliphatic heterocycles. The Balaban J connectivity index is 0.000000215. The fraction of sp³-hybridized carbons (Fsp3) is 0.417. The van der Waals surface area contributed by atoms with Gasteiger partial charge in [-0.05, 0) is 69.2 Å². The first-order valence-corrected chi connectivity index (χ1v) is 10.5. The molecule has 0 aromatic heterocycles. The van der Waals surface area contributed by atoms with Crippen LogP contribution in [-0.4, -0.2) is 24.7 Å². The number of carbonyl (C=O) groups excluding carboxylic acids is 2. The molecule has 1 aliphatic rings. The van der Waals surface area contributed by atoms with Crippen LogP contribution in [0, 0.1) is 0 Å². The van der Waals surface area contributed by atoms with E-state index in [2.05, 4.69) is 27.5 Å². The molecule has 6 nitrogen and oxygen atoms in total. The monoisotopic (exact) mass is 406 g/mol. The first kappa shape index (κ1) is 23.3. The largest absolute Gasteiger partial charge is 0.310 e.